The monoisotopic (exact) mass is 594 g/mol. The number of fused-ring (bicyclic) bond motifs is 2. The topological polar surface area (TPSA) is 147 Å². The summed E-state index contributed by atoms with van der Waals surface area (Å²) < 4.78 is 21.4. The van der Waals surface area contributed by atoms with Gasteiger partial charge in [0, 0.05) is 11.8 Å². The average molecular weight is 595 g/mol. The first-order valence-corrected chi connectivity index (χ1v) is 14.6. The van der Waals surface area contributed by atoms with E-state index in [0.717, 1.165) is 48.2 Å². The maximum atomic E-state index is 12.6. The molecule has 1 saturated carbocycles. The molecule has 224 valence electrons. The number of hydrogen-bond acceptors (Lipinski definition) is 10. The highest BCUT2D eigenvalue weighted by molar-refractivity contribution is 5.92. The number of benzene rings is 2. The van der Waals surface area contributed by atoms with E-state index in [1.54, 1.807) is 24.3 Å². The molecule has 2 amide bonds. The Morgan fingerprint density at radius 2 is 1.09 bits per heavy atom. The zero-order valence-corrected chi connectivity index (χ0v) is 23.8. The summed E-state index contributed by atoms with van der Waals surface area (Å²) in [5.41, 5.74) is 3.43. The van der Waals surface area contributed by atoms with E-state index in [1.165, 1.54) is 0 Å². The zero-order chi connectivity index (χ0) is 29.9. The molecular formula is C32H30N6O6. The molecule has 1 aliphatic carbocycles. The van der Waals surface area contributed by atoms with Crippen molar-refractivity contribution >= 4 is 23.5 Å². The molecule has 7 rings (SSSR count). The van der Waals surface area contributed by atoms with Gasteiger partial charge in [-0.3, -0.25) is 9.59 Å². The van der Waals surface area contributed by atoms with Crippen LogP contribution in [0.15, 0.2) is 60.7 Å². The Morgan fingerprint density at radius 1 is 0.614 bits per heavy atom. The van der Waals surface area contributed by atoms with Gasteiger partial charge in [-0.05, 0) is 78.9 Å². The van der Waals surface area contributed by atoms with Crippen LogP contribution in [-0.2, 0) is 22.4 Å². The third kappa shape index (κ3) is 6.24. The van der Waals surface area contributed by atoms with Crippen molar-refractivity contribution in [2.24, 2.45) is 0 Å². The zero-order valence-electron chi connectivity index (χ0n) is 23.8. The first-order chi connectivity index (χ1) is 21.6. The third-order valence-electron chi connectivity index (χ3n) is 8.02. The number of hydrogen-bond donors (Lipinski definition) is 2. The Kier molecular flexibility index (Phi) is 7.61. The van der Waals surface area contributed by atoms with Crippen LogP contribution in [0.3, 0.4) is 0 Å². The largest absolute Gasteiger partial charge is 0.454 e. The normalized spacial score (nSPS) is 18.1. The lowest BCUT2D eigenvalue weighted by Gasteiger charge is -2.28. The van der Waals surface area contributed by atoms with Gasteiger partial charge in [0.2, 0.25) is 25.4 Å². The van der Waals surface area contributed by atoms with Gasteiger partial charge >= 0.3 is 0 Å². The van der Waals surface area contributed by atoms with Gasteiger partial charge in [0.15, 0.2) is 34.6 Å². The van der Waals surface area contributed by atoms with E-state index in [1.807, 2.05) is 36.4 Å². The van der Waals surface area contributed by atoms with Crippen LogP contribution in [0.2, 0.25) is 0 Å². The second-order valence-electron chi connectivity index (χ2n) is 11.1. The van der Waals surface area contributed by atoms with Gasteiger partial charge in [-0.15, -0.1) is 10.2 Å². The van der Waals surface area contributed by atoms with E-state index in [9.17, 15) is 9.59 Å². The second kappa shape index (κ2) is 12.2. The summed E-state index contributed by atoms with van der Waals surface area (Å²) in [6, 6.07) is 18.4. The minimum absolute atomic E-state index is 0.185. The fraction of sp³-hybridized carbons (Fsp3) is 0.312. The first-order valence-electron chi connectivity index (χ1n) is 14.6. The predicted molar refractivity (Wildman–Crippen MR) is 158 cm³/mol. The molecule has 2 aromatic carbocycles. The van der Waals surface area contributed by atoms with Crippen molar-refractivity contribution in [2.45, 2.75) is 50.4 Å². The highest BCUT2D eigenvalue weighted by Crippen LogP contribution is 2.40. The second-order valence-corrected chi connectivity index (χ2v) is 11.1. The molecule has 0 spiro atoms. The highest BCUT2D eigenvalue weighted by atomic mass is 16.7. The summed E-state index contributed by atoms with van der Waals surface area (Å²) >= 11 is 0. The summed E-state index contributed by atoms with van der Waals surface area (Å²) in [5, 5.41) is 23.1. The van der Waals surface area contributed by atoms with Gasteiger partial charge in [-0.2, -0.15) is 10.2 Å². The number of aromatic nitrogens is 4. The molecule has 4 heterocycles. The summed E-state index contributed by atoms with van der Waals surface area (Å²) in [4.78, 5) is 25.1. The van der Waals surface area contributed by atoms with Crippen molar-refractivity contribution in [1.82, 2.24) is 20.4 Å². The fourth-order valence-electron chi connectivity index (χ4n) is 5.83. The average Bonchev–Trinajstić information content (AvgIpc) is 3.71. The van der Waals surface area contributed by atoms with Crippen molar-refractivity contribution in [3.63, 3.8) is 0 Å². The van der Waals surface area contributed by atoms with E-state index in [4.69, 9.17) is 18.9 Å². The molecule has 44 heavy (non-hydrogen) atoms. The van der Waals surface area contributed by atoms with Crippen LogP contribution < -0.4 is 29.6 Å². The van der Waals surface area contributed by atoms with E-state index < -0.39 is 0 Å². The molecule has 4 aromatic rings. The van der Waals surface area contributed by atoms with Crippen molar-refractivity contribution in [3.8, 4) is 23.0 Å². The van der Waals surface area contributed by atoms with Crippen molar-refractivity contribution in [3.05, 3.63) is 83.2 Å². The minimum atomic E-state index is -0.185. The number of nitrogens with zero attached hydrogens (tertiary/aromatic N) is 4. The lowest BCUT2D eigenvalue weighted by molar-refractivity contribution is -0.116. The molecule has 12 heteroatoms. The van der Waals surface area contributed by atoms with Crippen LogP contribution in [0.1, 0.15) is 60.0 Å². The molecule has 2 atom stereocenters. The number of rotatable bonds is 8. The van der Waals surface area contributed by atoms with Crippen LogP contribution in [-0.4, -0.2) is 45.8 Å². The Bertz CT molecular complexity index is 1560. The van der Waals surface area contributed by atoms with Gasteiger partial charge < -0.3 is 29.6 Å². The highest BCUT2D eigenvalue weighted by Gasteiger charge is 2.27. The van der Waals surface area contributed by atoms with Gasteiger partial charge in [-0.25, -0.2) is 0 Å². The van der Waals surface area contributed by atoms with Gasteiger partial charge in [0.25, 0.3) is 0 Å². The van der Waals surface area contributed by atoms with Gasteiger partial charge in [0.1, 0.15) is 0 Å². The number of nitrogens with one attached hydrogen (secondary N) is 2. The molecule has 12 nitrogen and oxygen atoms in total. The maximum Gasteiger partial charge on any atom is 0.231 e. The fourth-order valence-corrected chi connectivity index (χ4v) is 5.83. The molecule has 2 aromatic heterocycles. The van der Waals surface area contributed by atoms with Crippen LogP contribution >= 0.6 is 0 Å². The van der Waals surface area contributed by atoms with E-state index >= 15 is 0 Å². The lowest BCUT2D eigenvalue weighted by atomic mass is 9.78. The lowest BCUT2D eigenvalue weighted by Crippen LogP contribution is -2.18. The molecule has 1 fully saturated rings. The number of anilines is 2. The van der Waals surface area contributed by atoms with E-state index in [0.29, 0.717) is 34.6 Å². The Hall–Kier alpha value is -5.26. The van der Waals surface area contributed by atoms with Gasteiger partial charge in [0.05, 0.1) is 24.2 Å². The van der Waals surface area contributed by atoms with Gasteiger partial charge in [-0.1, -0.05) is 18.6 Å². The Labute approximate surface area is 253 Å². The maximum absolute atomic E-state index is 12.6. The predicted octanol–water partition coefficient (Wildman–Crippen LogP) is 4.53. The van der Waals surface area contributed by atoms with Crippen LogP contribution in [0.25, 0.3) is 0 Å². The summed E-state index contributed by atoms with van der Waals surface area (Å²) in [6.45, 7) is 0.387. The van der Waals surface area contributed by atoms with Crippen molar-refractivity contribution in [2.75, 3.05) is 24.2 Å². The summed E-state index contributed by atoms with van der Waals surface area (Å²) in [5.74, 6) is 3.56. The molecular weight excluding hydrogens is 564 g/mol. The minimum Gasteiger partial charge on any atom is -0.454 e. The summed E-state index contributed by atoms with van der Waals surface area (Å²) in [7, 11) is 0. The number of carbonyl (C=O) groups is 2. The van der Waals surface area contributed by atoms with E-state index in [2.05, 4.69) is 31.0 Å². The number of amides is 2. The Morgan fingerprint density at radius 3 is 1.55 bits per heavy atom. The van der Waals surface area contributed by atoms with Crippen LogP contribution in [0.5, 0.6) is 23.0 Å². The van der Waals surface area contributed by atoms with Crippen LogP contribution in [0, 0.1) is 0 Å². The number of ether oxygens (including phenoxy) is 4. The molecule has 2 N–H and O–H groups in total. The summed E-state index contributed by atoms with van der Waals surface area (Å²) in [6.07, 6.45) is 4.28. The molecule has 0 radical (unpaired) electrons. The van der Waals surface area contributed by atoms with Crippen LogP contribution in [0.4, 0.5) is 11.6 Å². The van der Waals surface area contributed by atoms with E-state index in [-0.39, 0.29) is 50.1 Å². The van der Waals surface area contributed by atoms with Crippen molar-refractivity contribution < 1.29 is 28.5 Å². The SMILES string of the molecule is O=C(Cc1ccc2c(c1)OCO2)Nc1ccc([C@H]2CCC[C@H](c3ccc(NC(=O)Cc4ccc5c(c4)OCO5)nn3)C2)nn1. The standard InChI is InChI=1S/C32H30N6O6/c39-31(14-19-4-8-25-27(12-19)43-17-41-25)33-29-10-6-23(35-37-29)21-2-1-3-22(16-21)24-7-11-30(38-36-24)34-32(40)15-20-5-9-26-28(13-20)44-18-42-26/h4-13,21-22H,1-3,14-18H2,(H,33,37,39)(H,34,38,40)/t21-,22-/m0/s1. The molecule has 0 bridgehead atoms. The van der Waals surface area contributed by atoms with Crippen molar-refractivity contribution in [1.29, 1.82) is 0 Å². The quantitative estimate of drug-likeness (QED) is 0.298. The molecule has 3 aliphatic rings. The first kappa shape index (κ1) is 27.6. The molecule has 0 unspecified atom stereocenters. The third-order valence-corrected chi connectivity index (χ3v) is 8.02. The molecule has 2 aliphatic heterocycles. The molecule has 0 saturated heterocycles. The Balaban J connectivity index is 0.911. The smallest absolute Gasteiger partial charge is 0.231 e. The number of carbonyl (C=O) groups excluding carboxylic acids is 2.